The Morgan fingerprint density at radius 3 is 2.24 bits per heavy atom. The van der Waals surface area contributed by atoms with Gasteiger partial charge in [0.2, 0.25) is 0 Å². The molecular weight excluding hydrogens is 254 g/mol. The SMILES string of the molecule is CC(C)(C)NCCCCc1ccc(C2CCCCC2)cc1. The number of benzene rings is 1. The van der Waals surface area contributed by atoms with E-state index in [2.05, 4.69) is 50.4 Å². The van der Waals surface area contributed by atoms with Gasteiger partial charge in [0, 0.05) is 5.54 Å². The fourth-order valence-electron chi connectivity index (χ4n) is 3.31. The lowest BCUT2D eigenvalue weighted by Crippen LogP contribution is -2.36. The van der Waals surface area contributed by atoms with Gasteiger partial charge in [-0.2, -0.15) is 0 Å². The zero-order valence-electron chi connectivity index (χ0n) is 14.3. The van der Waals surface area contributed by atoms with Gasteiger partial charge in [-0.3, -0.25) is 0 Å². The molecule has 1 heteroatoms. The molecule has 0 heterocycles. The second kappa shape index (κ2) is 7.98. The number of aryl methyl sites for hydroxylation is 1. The second-order valence-electron chi connectivity index (χ2n) is 7.71. The maximum Gasteiger partial charge on any atom is 0.00965 e. The van der Waals surface area contributed by atoms with Gasteiger partial charge in [-0.05, 0) is 76.5 Å². The van der Waals surface area contributed by atoms with Crippen LogP contribution in [0.1, 0.15) is 82.8 Å². The van der Waals surface area contributed by atoms with Crippen LogP contribution in [-0.2, 0) is 6.42 Å². The molecule has 0 aromatic heterocycles. The fraction of sp³-hybridized carbons (Fsp3) is 0.700. The zero-order valence-corrected chi connectivity index (χ0v) is 14.3. The Bertz CT molecular complexity index is 393. The molecule has 0 saturated heterocycles. The summed E-state index contributed by atoms with van der Waals surface area (Å²) >= 11 is 0. The van der Waals surface area contributed by atoms with Crippen LogP contribution in [0.3, 0.4) is 0 Å². The van der Waals surface area contributed by atoms with Crippen LogP contribution in [-0.4, -0.2) is 12.1 Å². The van der Waals surface area contributed by atoms with Crippen molar-refractivity contribution in [1.29, 1.82) is 0 Å². The van der Waals surface area contributed by atoms with Gasteiger partial charge in [-0.1, -0.05) is 43.5 Å². The fourth-order valence-corrected chi connectivity index (χ4v) is 3.31. The van der Waals surface area contributed by atoms with Gasteiger partial charge in [-0.15, -0.1) is 0 Å². The largest absolute Gasteiger partial charge is 0.312 e. The Kier molecular flexibility index (Phi) is 6.29. The number of hydrogen-bond acceptors (Lipinski definition) is 1. The van der Waals surface area contributed by atoms with Crippen molar-refractivity contribution in [3.63, 3.8) is 0 Å². The molecule has 1 saturated carbocycles. The van der Waals surface area contributed by atoms with Gasteiger partial charge < -0.3 is 5.32 Å². The standard InChI is InChI=1S/C20H33N/c1-20(2,3)21-16-8-7-9-17-12-14-19(15-13-17)18-10-5-4-6-11-18/h12-15,18,21H,4-11,16H2,1-3H3. The predicted molar refractivity (Wildman–Crippen MR) is 93.0 cm³/mol. The van der Waals surface area contributed by atoms with Gasteiger partial charge in [0.1, 0.15) is 0 Å². The topological polar surface area (TPSA) is 12.0 Å². The molecule has 1 N–H and O–H groups in total. The molecule has 0 bridgehead atoms. The molecule has 1 aromatic carbocycles. The van der Waals surface area contributed by atoms with Crippen LogP contribution in [0, 0.1) is 0 Å². The minimum absolute atomic E-state index is 0.252. The highest BCUT2D eigenvalue weighted by molar-refractivity contribution is 5.25. The average molecular weight is 287 g/mol. The molecule has 118 valence electrons. The third-order valence-electron chi connectivity index (χ3n) is 4.60. The molecule has 1 aromatic rings. The molecule has 2 rings (SSSR count). The molecular formula is C20H33N. The molecule has 0 atom stereocenters. The summed E-state index contributed by atoms with van der Waals surface area (Å²) in [6.07, 6.45) is 10.9. The Morgan fingerprint density at radius 2 is 1.62 bits per heavy atom. The van der Waals surface area contributed by atoms with Crippen LogP contribution in [0.5, 0.6) is 0 Å². The highest BCUT2D eigenvalue weighted by atomic mass is 14.9. The Morgan fingerprint density at radius 1 is 0.952 bits per heavy atom. The van der Waals surface area contributed by atoms with Gasteiger partial charge in [0.25, 0.3) is 0 Å². The third kappa shape index (κ3) is 6.22. The Hall–Kier alpha value is -0.820. The first kappa shape index (κ1) is 16.5. The van der Waals surface area contributed by atoms with Gasteiger partial charge in [0.05, 0.1) is 0 Å². The van der Waals surface area contributed by atoms with Crippen molar-refractivity contribution in [3.8, 4) is 0 Å². The molecule has 0 spiro atoms. The summed E-state index contributed by atoms with van der Waals surface area (Å²) < 4.78 is 0. The summed E-state index contributed by atoms with van der Waals surface area (Å²) in [6.45, 7) is 7.83. The quantitative estimate of drug-likeness (QED) is 0.686. The van der Waals surface area contributed by atoms with Crippen molar-refractivity contribution >= 4 is 0 Å². The minimum atomic E-state index is 0.252. The molecule has 1 aliphatic rings. The predicted octanol–water partition coefficient (Wildman–Crippen LogP) is 5.45. The van der Waals surface area contributed by atoms with Crippen molar-refractivity contribution in [2.24, 2.45) is 0 Å². The third-order valence-corrected chi connectivity index (χ3v) is 4.60. The molecule has 0 aliphatic heterocycles. The summed E-state index contributed by atoms with van der Waals surface area (Å²) in [7, 11) is 0. The number of unbranched alkanes of at least 4 members (excludes halogenated alkanes) is 1. The Labute approximate surface area is 131 Å². The second-order valence-corrected chi connectivity index (χ2v) is 7.71. The van der Waals surface area contributed by atoms with Crippen LogP contribution < -0.4 is 5.32 Å². The molecule has 1 aliphatic carbocycles. The molecule has 0 amide bonds. The van der Waals surface area contributed by atoms with Crippen molar-refractivity contribution < 1.29 is 0 Å². The molecule has 1 fully saturated rings. The van der Waals surface area contributed by atoms with Crippen LogP contribution in [0.4, 0.5) is 0 Å². The molecule has 0 unspecified atom stereocenters. The van der Waals surface area contributed by atoms with Crippen molar-refractivity contribution in [3.05, 3.63) is 35.4 Å². The summed E-state index contributed by atoms with van der Waals surface area (Å²) in [5.74, 6) is 0.837. The van der Waals surface area contributed by atoms with E-state index in [-0.39, 0.29) is 5.54 Å². The lowest BCUT2D eigenvalue weighted by Gasteiger charge is -2.22. The summed E-state index contributed by atoms with van der Waals surface area (Å²) in [6, 6.07) is 9.50. The van der Waals surface area contributed by atoms with E-state index in [4.69, 9.17) is 0 Å². The molecule has 0 radical (unpaired) electrons. The first-order valence-electron chi connectivity index (χ1n) is 8.88. The maximum absolute atomic E-state index is 3.56. The highest BCUT2D eigenvalue weighted by Crippen LogP contribution is 2.32. The van der Waals surface area contributed by atoms with Crippen LogP contribution >= 0.6 is 0 Å². The monoisotopic (exact) mass is 287 g/mol. The Balaban J connectivity index is 1.70. The van der Waals surface area contributed by atoms with E-state index in [9.17, 15) is 0 Å². The first-order chi connectivity index (χ1) is 10.0. The van der Waals surface area contributed by atoms with Crippen LogP contribution in [0.15, 0.2) is 24.3 Å². The number of nitrogens with one attached hydrogen (secondary N) is 1. The smallest absolute Gasteiger partial charge is 0.00965 e. The van der Waals surface area contributed by atoms with Crippen molar-refractivity contribution in [2.45, 2.75) is 83.6 Å². The van der Waals surface area contributed by atoms with Gasteiger partial charge >= 0.3 is 0 Å². The van der Waals surface area contributed by atoms with Crippen LogP contribution in [0.25, 0.3) is 0 Å². The normalized spacial score (nSPS) is 17.1. The van der Waals surface area contributed by atoms with Crippen molar-refractivity contribution in [2.75, 3.05) is 6.54 Å². The van der Waals surface area contributed by atoms with Crippen molar-refractivity contribution in [1.82, 2.24) is 5.32 Å². The summed E-state index contributed by atoms with van der Waals surface area (Å²) in [5, 5.41) is 3.56. The lowest BCUT2D eigenvalue weighted by atomic mass is 9.84. The van der Waals surface area contributed by atoms with E-state index >= 15 is 0 Å². The van der Waals surface area contributed by atoms with Gasteiger partial charge in [0.15, 0.2) is 0 Å². The highest BCUT2D eigenvalue weighted by Gasteiger charge is 2.15. The van der Waals surface area contributed by atoms with E-state index in [0.29, 0.717) is 0 Å². The molecule has 21 heavy (non-hydrogen) atoms. The average Bonchev–Trinajstić information content (AvgIpc) is 2.47. The van der Waals surface area contributed by atoms with E-state index < -0.39 is 0 Å². The first-order valence-corrected chi connectivity index (χ1v) is 8.88. The number of rotatable bonds is 6. The zero-order chi connectivity index (χ0) is 15.1. The minimum Gasteiger partial charge on any atom is -0.312 e. The van der Waals surface area contributed by atoms with Gasteiger partial charge in [-0.25, -0.2) is 0 Å². The molecule has 1 nitrogen and oxygen atoms in total. The summed E-state index contributed by atoms with van der Waals surface area (Å²) in [5.41, 5.74) is 3.33. The van der Waals surface area contributed by atoms with E-state index in [0.717, 1.165) is 12.5 Å². The van der Waals surface area contributed by atoms with Crippen LogP contribution in [0.2, 0.25) is 0 Å². The van der Waals surface area contributed by atoms with E-state index in [1.165, 1.54) is 56.9 Å². The summed E-state index contributed by atoms with van der Waals surface area (Å²) in [4.78, 5) is 0. The lowest BCUT2D eigenvalue weighted by molar-refractivity contribution is 0.419. The van der Waals surface area contributed by atoms with E-state index in [1.54, 1.807) is 5.56 Å². The van der Waals surface area contributed by atoms with E-state index in [1.807, 2.05) is 0 Å². The maximum atomic E-state index is 3.56. The number of hydrogen-bond donors (Lipinski definition) is 1.